The minimum atomic E-state index is -0.764. The van der Waals surface area contributed by atoms with Gasteiger partial charge in [0.1, 0.15) is 11.8 Å². The third-order valence-electron chi connectivity index (χ3n) is 5.96. The molecule has 7 nitrogen and oxygen atoms in total. The Balaban J connectivity index is 1.59. The average Bonchev–Trinajstić information content (AvgIpc) is 2.91. The second kappa shape index (κ2) is 13.8. The van der Waals surface area contributed by atoms with Crippen molar-refractivity contribution in [2.24, 2.45) is 0 Å². The Morgan fingerprint density at radius 3 is 2.28 bits per heavy atom. The number of rotatable bonds is 13. The van der Waals surface area contributed by atoms with Crippen LogP contribution in [0.1, 0.15) is 55.8 Å². The molecule has 7 heteroatoms. The van der Waals surface area contributed by atoms with Crippen LogP contribution in [0.4, 0.5) is 5.69 Å². The van der Waals surface area contributed by atoms with Crippen LogP contribution < -0.4 is 16.0 Å². The van der Waals surface area contributed by atoms with Crippen LogP contribution in [-0.2, 0) is 14.4 Å². The number of carbonyl (C=O) groups excluding carboxylic acids is 4. The molecule has 0 unspecified atom stereocenters. The maximum absolute atomic E-state index is 13.1. The van der Waals surface area contributed by atoms with Gasteiger partial charge < -0.3 is 16.0 Å². The lowest BCUT2D eigenvalue weighted by Crippen LogP contribution is -2.47. The molecule has 0 saturated carbocycles. The Kier molecular flexibility index (Phi) is 10.2. The van der Waals surface area contributed by atoms with Gasteiger partial charge in [0.15, 0.2) is 0 Å². The van der Waals surface area contributed by atoms with Crippen molar-refractivity contribution in [3.63, 3.8) is 0 Å². The largest absolute Gasteiger partial charge is 0.343 e. The molecule has 0 saturated heterocycles. The number of anilines is 1. The third-order valence-corrected chi connectivity index (χ3v) is 5.96. The van der Waals surface area contributed by atoms with E-state index in [2.05, 4.69) is 16.0 Å². The van der Waals surface area contributed by atoms with Crippen LogP contribution in [-0.4, -0.2) is 36.1 Å². The fourth-order valence-electron chi connectivity index (χ4n) is 3.89. The van der Waals surface area contributed by atoms with Gasteiger partial charge in [-0.05, 0) is 47.9 Å². The quantitative estimate of drug-likeness (QED) is 0.306. The highest BCUT2D eigenvalue weighted by atomic mass is 16.2. The van der Waals surface area contributed by atoms with E-state index in [1.165, 1.54) is 0 Å². The van der Waals surface area contributed by atoms with E-state index in [1.807, 2.05) is 49.4 Å². The molecule has 36 heavy (non-hydrogen) atoms. The first-order valence-corrected chi connectivity index (χ1v) is 12.4. The summed E-state index contributed by atoms with van der Waals surface area (Å²) >= 11 is 0. The van der Waals surface area contributed by atoms with E-state index in [9.17, 15) is 19.2 Å². The number of nitrogens with one attached hydrogen (secondary N) is 3. The van der Waals surface area contributed by atoms with E-state index >= 15 is 0 Å². The van der Waals surface area contributed by atoms with Gasteiger partial charge in [-0.15, -0.1) is 0 Å². The van der Waals surface area contributed by atoms with Crippen molar-refractivity contribution in [3.05, 3.63) is 78.4 Å². The highest BCUT2D eigenvalue weighted by Gasteiger charge is 2.21. The van der Waals surface area contributed by atoms with E-state index in [4.69, 9.17) is 0 Å². The molecule has 0 radical (unpaired) electrons. The number of hydrogen-bond acceptors (Lipinski definition) is 4. The maximum Gasteiger partial charge on any atom is 0.251 e. The average molecular weight is 488 g/mol. The Morgan fingerprint density at radius 1 is 0.806 bits per heavy atom. The number of amides is 3. The van der Waals surface area contributed by atoms with Crippen LogP contribution in [0, 0.1) is 0 Å². The van der Waals surface area contributed by atoms with E-state index in [0.29, 0.717) is 36.9 Å². The second-order valence-electron chi connectivity index (χ2n) is 8.71. The summed E-state index contributed by atoms with van der Waals surface area (Å²) in [6.07, 6.45) is 3.71. The zero-order valence-electron chi connectivity index (χ0n) is 20.6. The summed E-state index contributed by atoms with van der Waals surface area (Å²) in [7, 11) is 0. The molecular formula is C29H33N3O4. The summed E-state index contributed by atoms with van der Waals surface area (Å²) in [5.41, 5.74) is 1.10. The van der Waals surface area contributed by atoms with Crippen molar-refractivity contribution < 1.29 is 19.2 Å². The number of Topliss-reactive ketones (excluding diaryl/α,β-unsaturated/α-hetero) is 1. The highest BCUT2D eigenvalue weighted by Crippen LogP contribution is 2.19. The predicted molar refractivity (Wildman–Crippen MR) is 142 cm³/mol. The number of benzene rings is 3. The van der Waals surface area contributed by atoms with Gasteiger partial charge in [0.2, 0.25) is 11.8 Å². The molecule has 0 spiro atoms. The topological polar surface area (TPSA) is 104 Å². The molecule has 0 aliphatic carbocycles. The molecule has 0 bridgehead atoms. The van der Waals surface area contributed by atoms with Crippen LogP contribution in [0.3, 0.4) is 0 Å². The van der Waals surface area contributed by atoms with E-state index in [-0.39, 0.29) is 24.1 Å². The van der Waals surface area contributed by atoms with Crippen LogP contribution in [0.2, 0.25) is 0 Å². The summed E-state index contributed by atoms with van der Waals surface area (Å²) in [6, 6.07) is 21.4. The van der Waals surface area contributed by atoms with Crippen LogP contribution >= 0.6 is 0 Å². The summed E-state index contributed by atoms with van der Waals surface area (Å²) in [6.45, 7) is 1.61. The maximum atomic E-state index is 13.1. The summed E-state index contributed by atoms with van der Waals surface area (Å²) < 4.78 is 0. The van der Waals surface area contributed by atoms with E-state index in [0.717, 1.165) is 23.6 Å². The Morgan fingerprint density at radius 2 is 1.53 bits per heavy atom. The smallest absolute Gasteiger partial charge is 0.251 e. The number of fused-ring (bicyclic) bond motifs is 1. The van der Waals surface area contributed by atoms with Gasteiger partial charge in [0, 0.05) is 24.1 Å². The molecule has 0 heterocycles. The third kappa shape index (κ3) is 8.34. The van der Waals surface area contributed by atoms with Crippen LogP contribution in [0.25, 0.3) is 10.8 Å². The number of hydrogen-bond donors (Lipinski definition) is 3. The highest BCUT2D eigenvalue weighted by molar-refractivity contribution is 6.00. The van der Waals surface area contributed by atoms with Crippen molar-refractivity contribution >= 4 is 40.0 Å². The zero-order chi connectivity index (χ0) is 25.8. The Hall–Kier alpha value is -4.00. The predicted octanol–water partition coefficient (Wildman–Crippen LogP) is 4.62. The van der Waals surface area contributed by atoms with Crippen LogP contribution in [0.15, 0.2) is 72.8 Å². The molecule has 3 rings (SSSR count). The second-order valence-corrected chi connectivity index (χ2v) is 8.71. The van der Waals surface area contributed by atoms with Gasteiger partial charge in [-0.3, -0.25) is 19.2 Å². The van der Waals surface area contributed by atoms with Gasteiger partial charge in [0.25, 0.3) is 5.91 Å². The Labute approximate surface area is 211 Å². The van der Waals surface area contributed by atoms with Gasteiger partial charge in [-0.25, -0.2) is 0 Å². The normalized spacial score (nSPS) is 11.5. The lowest BCUT2D eigenvalue weighted by Gasteiger charge is -2.19. The van der Waals surface area contributed by atoms with Crippen molar-refractivity contribution in [1.29, 1.82) is 0 Å². The lowest BCUT2D eigenvalue weighted by atomic mass is 10.0. The van der Waals surface area contributed by atoms with Gasteiger partial charge in [0.05, 0.1) is 6.54 Å². The zero-order valence-corrected chi connectivity index (χ0v) is 20.6. The molecule has 0 fully saturated rings. The molecule has 1 atom stereocenters. The first-order valence-electron chi connectivity index (χ1n) is 12.4. The van der Waals surface area contributed by atoms with Crippen molar-refractivity contribution in [3.8, 4) is 0 Å². The monoisotopic (exact) mass is 487 g/mol. The summed E-state index contributed by atoms with van der Waals surface area (Å²) in [4.78, 5) is 49.5. The van der Waals surface area contributed by atoms with Crippen molar-refractivity contribution in [2.75, 3.05) is 11.9 Å². The molecule has 0 aromatic heterocycles. The number of carbonyl (C=O) groups is 4. The lowest BCUT2D eigenvalue weighted by molar-refractivity contribution is -0.126. The fraction of sp³-hybridized carbons (Fsp3) is 0.310. The van der Waals surface area contributed by atoms with E-state index < -0.39 is 11.9 Å². The fourth-order valence-corrected chi connectivity index (χ4v) is 3.89. The van der Waals surface area contributed by atoms with Crippen LogP contribution in [0.5, 0.6) is 0 Å². The SMILES string of the molecule is CCC(=O)CCCCC[C@H](NC(=O)CNC(=O)c1ccccc1)C(=O)Nc1ccc2ccccc2c1. The summed E-state index contributed by atoms with van der Waals surface area (Å²) in [5.74, 6) is -0.900. The minimum absolute atomic E-state index is 0.225. The molecule has 3 aromatic rings. The molecule has 3 aromatic carbocycles. The van der Waals surface area contributed by atoms with E-state index in [1.54, 1.807) is 30.3 Å². The molecular weight excluding hydrogens is 454 g/mol. The molecule has 0 aliphatic heterocycles. The first kappa shape index (κ1) is 26.6. The molecule has 0 aliphatic rings. The van der Waals surface area contributed by atoms with Crippen molar-refractivity contribution in [1.82, 2.24) is 10.6 Å². The first-order chi connectivity index (χ1) is 17.5. The summed E-state index contributed by atoms with van der Waals surface area (Å²) in [5, 5.41) is 10.3. The number of ketones is 1. The number of unbranched alkanes of at least 4 members (excludes halogenated alkanes) is 2. The van der Waals surface area contributed by atoms with Gasteiger partial charge in [-0.2, -0.15) is 0 Å². The van der Waals surface area contributed by atoms with Gasteiger partial charge >= 0.3 is 0 Å². The standard InChI is InChI=1S/C29H33N3O4/c1-2-25(33)15-7-4-8-16-26(32-27(34)20-30-28(35)22-12-5-3-6-13-22)29(36)31-24-18-17-21-11-9-10-14-23(21)19-24/h3,5-6,9-14,17-19,26H,2,4,7-8,15-16,20H2,1H3,(H,30,35)(H,31,36)(H,32,34)/t26-/m0/s1. The van der Waals surface area contributed by atoms with Gasteiger partial charge in [-0.1, -0.05) is 68.3 Å². The van der Waals surface area contributed by atoms with Crippen molar-refractivity contribution in [2.45, 2.75) is 51.5 Å². The Bertz CT molecular complexity index is 1190. The molecule has 3 amide bonds. The molecule has 188 valence electrons. The minimum Gasteiger partial charge on any atom is -0.343 e. The molecule has 3 N–H and O–H groups in total.